The van der Waals surface area contributed by atoms with Crippen molar-refractivity contribution >= 4 is 22.4 Å². The Hall–Kier alpha value is -1.48. The molecule has 1 atom stereocenters. The zero-order valence-corrected chi connectivity index (χ0v) is 7.82. The van der Waals surface area contributed by atoms with E-state index in [2.05, 4.69) is 0 Å². The van der Waals surface area contributed by atoms with E-state index in [1.165, 1.54) is 0 Å². The van der Waals surface area contributed by atoms with E-state index in [9.17, 15) is 9.59 Å². The molecule has 0 fully saturated rings. The van der Waals surface area contributed by atoms with Crippen molar-refractivity contribution in [1.82, 2.24) is 0 Å². The number of carboxylic acids is 2. The van der Waals surface area contributed by atoms with E-state index < -0.39 is 28.5 Å². The lowest BCUT2D eigenvalue weighted by atomic mass is 10.2. The van der Waals surface area contributed by atoms with Crippen molar-refractivity contribution in [3.63, 3.8) is 0 Å². The van der Waals surface area contributed by atoms with Gasteiger partial charge in [-0.15, -0.1) is 0 Å². The van der Waals surface area contributed by atoms with Crippen molar-refractivity contribution in [2.24, 2.45) is 5.73 Å². The quantitative estimate of drug-likeness (QED) is 0.472. The van der Waals surface area contributed by atoms with E-state index in [4.69, 9.17) is 29.1 Å². The summed E-state index contributed by atoms with van der Waals surface area (Å²) in [5, 5.41) is 16.3. The standard InChI is InChI=1S/C5H9NO4.HNO2S/c6-3(5(9)10)1-2-4(7)8;1-4(2)3/h3H,1-2,6H2,(H,7,8)(H,9,10);1H. The SMILES string of the molecule is N=S(=O)=O.NC(CCC(=O)O)C(=O)O. The average Bonchev–Trinajstić information content (AvgIpc) is 1.98. The van der Waals surface area contributed by atoms with Gasteiger partial charge in [-0.05, 0) is 6.42 Å². The van der Waals surface area contributed by atoms with Gasteiger partial charge in [-0.1, -0.05) is 0 Å². The maximum Gasteiger partial charge on any atom is 0.320 e. The molecule has 5 N–H and O–H groups in total. The predicted octanol–water partition coefficient (Wildman–Crippen LogP) is -1.11. The zero-order chi connectivity index (χ0) is 11.7. The minimum absolute atomic E-state index is 0.0231. The highest BCUT2D eigenvalue weighted by Crippen LogP contribution is 1.93. The van der Waals surface area contributed by atoms with Crippen LogP contribution in [-0.2, 0) is 20.1 Å². The van der Waals surface area contributed by atoms with Gasteiger partial charge in [0.1, 0.15) is 6.04 Å². The summed E-state index contributed by atoms with van der Waals surface area (Å²) in [4.78, 5) is 19.9. The van der Waals surface area contributed by atoms with Crippen LogP contribution in [0.3, 0.4) is 0 Å². The fourth-order valence-electron chi connectivity index (χ4n) is 0.402. The predicted molar refractivity (Wildman–Crippen MR) is 44.1 cm³/mol. The second kappa shape index (κ2) is 8.13. The molecule has 9 heteroatoms. The van der Waals surface area contributed by atoms with Crippen LogP contribution in [0.2, 0.25) is 0 Å². The van der Waals surface area contributed by atoms with Crippen molar-refractivity contribution < 1.29 is 28.2 Å². The summed E-state index contributed by atoms with van der Waals surface area (Å²) in [5.74, 6) is -2.20. The first-order chi connectivity index (χ1) is 6.27. The number of hydrogen-bond acceptors (Lipinski definition) is 6. The molecular weight excluding hydrogens is 216 g/mol. The molecule has 0 saturated carbocycles. The van der Waals surface area contributed by atoms with Crippen LogP contribution < -0.4 is 5.73 Å². The molecule has 1 unspecified atom stereocenters. The number of nitrogens with two attached hydrogens (primary N) is 1. The molecule has 0 aromatic heterocycles. The third-order valence-electron chi connectivity index (χ3n) is 0.986. The molecule has 0 rings (SSSR count). The largest absolute Gasteiger partial charge is 0.481 e. The van der Waals surface area contributed by atoms with Gasteiger partial charge in [0.25, 0.3) is 0 Å². The first-order valence-corrected chi connectivity index (χ1v) is 4.35. The normalized spacial score (nSPS) is 10.6. The molecular formula is C5H10N2O6S. The highest BCUT2D eigenvalue weighted by Gasteiger charge is 2.12. The van der Waals surface area contributed by atoms with Gasteiger partial charge in [-0.3, -0.25) is 9.59 Å². The minimum atomic E-state index is -2.61. The Labute approximate surface area is 80.8 Å². The third-order valence-corrected chi connectivity index (χ3v) is 0.986. The summed E-state index contributed by atoms with van der Waals surface area (Å²) in [6.45, 7) is 0. The zero-order valence-electron chi connectivity index (χ0n) is 7.00. The third kappa shape index (κ3) is 16.9. The second-order valence-electron chi connectivity index (χ2n) is 2.11. The average molecular weight is 226 g/mol. The van der Waals surface area contributed by atoms with Crippen LogP contribution in [0, 0.1) is 4.78 Å². The molecule has 0 amide bonds. The first kappa shape index (κ1) is 15.0. The van der Waals surface area contributed by atoms with E-state index in [0.717, 1.165) is 0 Å². The molecule has 0 saturated heterocycles. The molecule has 14 heavy (non-hydrogen) atoms. The Morgan fingerprint density at radius 2 is 1.71 bits per heavy atom. The topological polar surface area (TPSA) is 159 Å². The summed E-state index contributed by atoms with van der Waals surface area (Å²) >= 11 is 0. The summed E-state index contributed by atoms with van der Waals surface area (Å²) in [6, 6.07) is -1.06. The van der Waals surface area contributed by atoms with Gasteiger partial charge >= 0.3 is 22.4 Å². The van der Waals surface area contributed by atoms with Gasteiger partial charge in [0.15, 0.2) is 0 Å². The minimum Gasteiger partial charge on any atom is -0.481 e. The van der Waals surface area contributed by atoms with Gasteiger partial charge in [-0.25, -0.2) is 0 Å². The van der Waals surface area contributed by atoms with Crippen LogP contribution in [0.25, 0.3) is 0 Å². The molecule has 0 aliphatic carbocycles. The van der Waals surface area contributed by atoms with Gasteiger partial charge in [0, 0.05) is 6.42 Å². The number of aliphatic carboxylic acids is 2. The van der Waals surface area contributed by atoms with Gasteiger partial charge in [0.2, 0.25) is 0 Å². The monoisotopic (exact) mass is 226 g/mol. The molecule has 0 aliphatic heterocycles. The van der Waals surface area contributed by atoms with Crippen molar-refractivity contribution in [2.45, 2.75) is 18.9 Å². The summed E-state index contributed by atoms with van der Waals surface area (Å²) in [7, 11) is -2.61. The van der Waals surface area contributed by atoms with Crippen LogP contribution in [0.5, 0.6) is 0 Å². The maximum absolute atomic E-state index is 9.99. The van der Waals surface area contributed by atoms with E-state index in [0.29, 0.717) is 0 Å². The lowest BCUT2D eigenvalue weighted by molar-refractivity contribution is -0.139. The lowest BCUT2D eigenvalue weighted by Crippen LogP contribution is -2.30. The smallest absolute Gasteiger partial charge is 0.320 e. The molecule has 0 aromatic rings. The van der Waals surface area contributed by atoms with Gasteiger partial charge in [-0.2, -0.15) is 13.2 Å². The van der Waals surface area contributed by atoms with Crippen LogP contribution in [-0.4, -0.2) is 36.6 Å². The summed E-state index contributed by atoms with van der Waals surface area (Å²) < 4.78 is 22.8. The Bertz CT molecular complexity index is 288. The van der Waals surface area contributed by atoms with Crippen LogP contribution in [0.15, 0.2) is 0 Å². The number of carbonyl (C=O) groups is 2. The Balaban J connectivity index is 0. The van der Waals surface area contributed by atoms with Crippen molar-refractivity contribution in [3.05, 3.63) is 0 Å². The van der Waals surface area contributed by atoms with E-state index in [1.54, 1.807) is 0 Å². The van der Waals surface area contributed by atoms with E-state index in [1.807, 2.05) is 0 Å². The lowest BCUT2D eigenvalue weighted by Gasteiger charge is -2.01. The van der Waals surface area contributed by atoms with Gasteiger partial charge < -0.3 is 15.9 Å². The van der Waals surface area contributed by atoms with E-state index >= 15 is 0 Å². The van der Waals surface area contributed by atoms with Crippen molar-refractivity contribution in [2.75, 3.05) is 0 Å². The van der Waals surface area contributed by atoms with Crippen molar-refractivity contribution in [1.29, 1.82) is 4.78 Å². The Morgan fingerprint density at radius 1 is 1.36 bits per heavy atom. The number of rotatable bonds is 4. The highest BCUT2D eigenvalue weighted by molar-refractivity contribution is 7.60. The van der Waals surface area contributed by atoms with Crippen molar-refractivity contribution in [3.8, 4) is 0 Å². The van der Waals surface area contributed by atoms with Crippen LogP contribution in [0.1, 0.15) is 12.8 Å². The summed E-state index contributed by atoms with van der Waals surface area (Å²) in [5.41, 5.74) is 5.00. The number of carboxylic acid groups (broad SMARTS) is 2. The molecule has 0 aliphatic rings. The molecule has 8 nitrogen and oxygen atoms in total. The number of hydrogen-bond donors (Lipinski definition) is 4. The number of nitrogens with one attached hydrogen (secondary N) is 1. The fraction of sp³-hybridized carbons (Fsp3) is 0.600. The molecule has 0 aromatic carbocycles. The van der Waals surface area contributed by atoms with Gasteiger partial charge in [0.05, 0.1) is 0 Å². The molecule has 0 heterocycles. The fourth-order valence-corrected chi connectivity index (χ4v) is 0.402. The van der Waals surface area contributed by atoms with E-state index in [-0.39, 0.29) is 12.8 Å². The molecule has 0 bridgehead atoms. The maximum atomic E-state index is 9.99. The first-order valence-electron chi connectivity index (χ1n) is 3.28. The van der Waals surface area contributed by atoms with Crippen LogP contribution in [0.4, 0.5) is 0 Å². The molecule has 82 valence electrons. The summed E-state index contributed by atoms with van der Waals surface area (Å²) in [6.07, 6.45) is -0.224. The Morgan fingerprint density at radius 3 is 1.93 bits per heavy atom. The van der Waals surface area contributed by atoms with Crippen LogP contribution >= 0.6 is 0 Å². The Kier molecular flexibility index (Phi) is 8.72. The second-order valence-corrected chi connectivity index (χ2v) is 2.58. The highest BCUT2D eigenvalue weighted by atomic mass is 32.2. The molecule has 0 spiro atoms. The molecule has 0 radical (unpaired) electrons.